The summed E-state index contributed by atoms with van der Waals surface area (Å²) in [6.45, 7) is 6.36. The van der Waals surface area contributed by atoms with E-state index in [4.69, 9.17) is 9.84 Å². The molecule has 116 valence electrons. The average molecular weight is 286 g/mol. The number of carbonyl (C=O) groups is 2. The van der Waals surface area contributed by atoms with Crippen molar-refractivity contribution in [1.29, 1.82) is 0 Å². The second-order valence-electron chi connectivity index (χ2n) is 5.74. The predicted octanol–water partition coefficient (Wildman–Crippen LogP) is 0.666. The van der Waals surface area contributed by atoms with Gasteiger partial charge in [0.1, 0.15) is 13.2 Å². The first-order chi connectivity index (χ1) is 9.40. The predicted molar refractivity (Wildman–Crippen MR) is 75.5 cm³/mol. The molecule has 0 aromatic carbocycles. The Balaban J connectivity index is 2.24. The zero-order chi connectivity index (χ0) is 15.1. The van der Waals surface area contributed by atoms with Crippen molar-refractivity contribution < 1.29 is 19.4 Å². The van der Waals surface area contributed by atoms with Crippen LogP contribution < -0.4 is 0 Å². The maximum absolute atomic E-state index is 11.8. The van der Waals surface area contributed by atoms with Gasteiger partial charge in [0, 0.05) is 25.7 Å². The molecule has 1 saturated heterocycles. The van der Waals surface area contributed by atoms with Crippen molar-refractivity contribution in [2.45, 2.75) is 32.7 Å². The third-order valence-electron chi connectivity index (χ3n) is 3.85. The summed E-state index contributed by atoms with van der Waals surface area (Å²) in [5.41, 5.74) is 0. The third kappa shape index (κ3) is 5.88. The Hall–Kier alpha value is -1.14. The zero-order valence-electron chi connectivity index (χ0n) is 12.7. The normalized spacial score (nSPS) is 16.9. The van der Waals surface area contributed by atoms with E-state index >= 15 is 0 Å². The fourth-order valence-corrected chi connectivity index (χ4v) is 2.30. The molecule has 1 amide bonds. The van der Waals surface area contributed by atoms with Crippen LogP contribution >= 0.6 is 0 Å². The van der Waals surface area contributed by atoms with E-state index < -0.39 is 12.6 Å². The Morgan fingerprint density at radius 2 is 1.90 bits per heavy atom. The van der Waals surface area contributed by atoms with Gasteiger partial charge < -0.3 is 19.6 Å². The fraction of sp³-hybridized carbons (Fsp3) is 0.857. The van der Waals surface area contributed by atoms with Crippen LogP contribution in [0.15, 0.2) is 0 Å². The molecule has 1 rings (SSSR count). The number of ether oxygens (including phenoxy) is 1. The highest BCUT2D eigenvalue weighted by Gasteiger charge is 2.24. The Labute approximate surface area is 120 Å². The second-order valence-corrected chi connectivity index (χ2v) is 5.74. The number of nitrogens with zero attached hydrogens (tertiary/aromatic N) is 2. The first-order valence-electron chi connectivity index (χ1n) is 7.17. The van der Waals surface area contributed by atoms with E-state index in [-0.39, 0.29) is 12.5 Å². The third-order valence-corrected chi connectivity index (χ3v) is 3.85. The zero-order valence-corrected chi connectivity index (χ0v) is 12.7. The van der Waals surface area contributed by atoms with Gasteiger partial charge in [-0.1, -0.05) is 0 Å². The lowest BCUT2D eigenvalue weighted by Crippen LogP contribution is -2.43. The van der Waals surface area contributed by atoms with E-state index in [0.29, 0.717) is 12.0 Å². The van der Waals surface area contributed by atoms with Crippen molar-refractivity contribution >= 4 is 11.9 Å². The summed E-state index contributed by atoms with van der Waals surface area (Å²) in [5.74, 6) is -0.526. The van der Waals surface area contributed by atoms with Gasteiger partial charge in [0.15, 0.2) is 0 Å². The van der Waals surface area contributed by atoms with Crippen molar-refractivity contribution in [2.24, 2.45) is 5.92 Å². The topological polar surface area (TPSA) is 70.1 Å². The molecular weight excluding hydrogens is 260 g/mol. The number of amides is 1. The lowest BCUT2D eigenvalue weighted by atomic mass is 9.96. The van der Waals surface area contributed by atoms with Crippen LogP contribution in [0.5, 0.6) is 0 Å². The van der Waals surface area contributed by atoms with Gasteiger partial charge in [0.25, 0.3) is 0 Å². The molecule has 6 heteroatoms. The minimum Gasteiger partial charge on any atom is -0.480 e. The van der Waals surface area contributed by atoms with E-state index in [9.17, 15) is 9.59 Å². The number of aliphatic carboxylic acids is 1. The number of piperidine rings is 1. The van der Waals surface area contributed by atoms with Crippen molar-refractivity contribution in [3.8, 4) is 0 Å². The second kappa shape index (κ2) is 8.21. The Morgan fingerprint density at radius 1 is 1.30 bits per heavy atom. The molecule has 0 radical (unpaired) electrons. The number of carboxylic acid groups (broad SMARTS) is 1. The highest BCUT2D eigenvalue weighted by atomic mass is 16.5. The number of hydrogen-bond donors (Lipinski definition) is 1. The molecule has 1 aliphatic rings. The van der Waals surface area contributed by atoms with Gasteiger partial charge in [0.05, 0.1) is 0 Å². The molecule has 0 bridgehead atoms. The van der Waals surface area contributed by atoms with Gasteiger partial charge in [-0.15, -0.1) is 0 Å². The Kier molecular flexibility index (Phi) is 6.95. The molecule has 0 aliphatic carbocycles. The molecule has 1 aliphatic heterocycles. The number of likely N-dealkylation sites (tertiary alicyclic amines) is 1. The molecule has 0 unspecified atom stereocenters. The van der Waals surface area contributed by atoms with Crippen LogP contribution in [0.25, 0.3) is 0 Å². The largest absolute Gasteiger partial charge is 0.480 e. The molecule has 0 aromatic heterocycles. The SMILES string of the molecule is CC(C)N(C)CC1CCN(C(=O)COCC(=O)O)CC1. The van der Waals surface area contributed by atoms with Gasteiger partial charge >= 0.3 is 5.97 Å². The summed E-state index contributed by atoms with van der Waals surface area (Å²) in [6.07, 6.45) is 2.00. The number of rotatable bonds is 7. The maximum atomic E-state index is 11.8. The number of carboxylic acids is 1. The van der Waals surface area contributed by atoms with E-state index in [1.165, 1.54) is 0 Å². The van der Waals surface area contributed by atoms with Crippen LogP contribution in [-0.4, -0.2) is 72.7 Å². The molecular formula is C14H26N2O4. The van der Waals surface area contributed by atoms with E-state index in [1.54, 1.807) is 4.90 Å². The van der Waals surface area contributed by atoms with Crippen LogP contribution in [0.3, 0.4) is 0 Å². The van der Waals surface area contributed by atoms with Crippen molar-refractivity contribution in [2.75, 3.05) is 39.9 Å². The first-order valence-corrected chi connectivity index (χ1v) is 7.17. The van der Waals surface area contributed by atoms with Crippen LogP contribution in [-0.2, 0) is 14.3 Å². The van der Waals surface area contributed by atoms with Gasteiger partial charge in [-0.25, -0.2) is 4.79 Å². The lowest BCUT2D eigenvalue weighted by molar-refractivity contribution is -0.146. The van der Waals surface area contributed by atoms with Gasteiger partial charge in [0.2, 0.25) is 5.91 Å². The van der Waals surface area contributed by atoms with Crippen LogP contribution in [0.2, 0.25) is 0 Å². The highest BCUT2D eigenvalue weighted by Crippen LogP contribution is 2.18. The molecule has 0 atom stereocenters. The summed E-state index contributed by atoms with van der Waals surface area (Å²) in [5, 5.41) is 8.45. The van der Waals surface area contributed by atoms with E-state index in [1.807, 2.05) is 0 Å². The van der Waals surface area contributed by atoms with E-state index in [2.05, 4.69) is 25.8 Å². The smallest absolute Gasteiger partial charge is 0.329 e. The van der Waals surface area contributed by atoms with Gasteiger partial charge in [-0.2, -0.15) is 0 Å². The van der Waals surface area contributed by atoms with Gasteiger partial charge in [-0.3, -0.25) is 4.79 Å². The fourth-order valence-electron chi connectivity index (χ4n) is 2.30. The molecule has 1 N–H and O–H groups in total. The molecule has 0 saturated carbocycles. The molecule has 6 nitrogen and oxygen atoms in total. The quantitative estimate of drug-likeness (QED) is 0.745. The monoisotopic (exact) mass is 286 g/mol. The van der Waals surface area contributed by atoms with Crippen molar-refractivity contribution in [1.82, 2.24) is 9.80 Å². The minimum atomic E-state index is -1.05. The molecule has 0 aromatic rings. The Morgan fingerprint density at radius 3 is 2.40 bits per heavy atom. The molecule has 20 heavy (non-hydrogen) atoms. The van der Waals surface area contributed by atoms with Crippen LogP contribution in [0.1, 0.15) is 26.7 Å². The van der Waals surface area contributed by atoms with Crippen molar-refractivity contribution in [3.05, 3.63) is 0 Å². The Bertz CT molecular complexity index is 325. The number of hydrogen-bond acceptors (Lipinski definition) is 4. The summed E-state index contributed by atoms with van der Waals surface area (Å²) >= 11 is 0. The standard InChI is InChI=1S/C14H26N2O4/c1-11(2)15(3)8-12-4-6-16(7-5-12)13(17)9-20-10-14(18)19/h11-12H,4-10H2,1-3H3,(H,18,19). The summed E-state index contributed by atoms with van der Waals surface area (Å²) in [4.78, 5) is 26.2. The lowest BCUT2D eigenvalue weighted by Gasteiger charge is -2.34. The average Bonchev–Trinajstić information content (AvgIpc) is 2.38. The van der Waals surface area contributed by atoms with Crippen LogP contribution in [0.4, 0.5) is 0 Å². The summed E-state index contributed by atoms with van der Waals surface area (Å²) in [7, 11) is 2.13. The first kappa shape index (κ1) is 16.9. The highest BCUT2D eigenvalue weighted by molar-refractivity contribution is 5.78. The van der Waals surface area contributed by atoms with E-state index in [0.717, 1.165) is 32.5 Å². The minimum absolute atomic E-state index is 0.109. The molecule has 1 heterocycles. The van der Waals surface area contributed by atoms with Crippen molar-refractivity contribution in [3.63, 3.8) is 0 Å². The number of carbonyl (C=O) groups excluding carboxylic acids is 1. The maximum Gasteiger partial charge on any atom is 0.329 e. The summed E-state index contributed by atoms with van der Waals surface area (Å²) < 4.78 is 4.83. The summed E-state index contributed by atoms with van der Waals surface area (Å²) in [6, 6.07) is 0.541. The molecule has 1 fully saturated rings. The van der Waals surface area contributed by atoms with Crippen LogP contribution in [0, 0.1) is 5.92 Å². The molecule has 0 spiro atoms. The van der Waals surface area contributed by atoms with Gasteiger partial charge in [-0.05, 0) is 39.7 Å².